The largest absolute Gasteiger partial charge is 0.338 e. The predicted molar refractivity (Wildman–Crippen MR) is 110 cm³/mol. The highest BCUT2D eigenvalue weighted by molar-refractivity contribution is 7.89. The molecule has 1 saturated carbocycles. The van der Waals surface area contributed by atoms with E-state index in [1.165, 1.54) is 30.0 Å². The van der Waals surface area contributed by atoms with Crippen LogP contribution in [0, 0.1) is 17.6 Å². The first-order valence-electron chi connectivity index (χ1n) is 10.2. The number of carbonyl (C=O) groups is 1. The second kappa shape index (κ2) is 7.94. The van der Waals surface area contributed by atoms with Crippen LogP contribution in [0.25, 0.3) is 11.1 Å². The van der Waals surface area contributed by atoms with Crippen molar-refractivity contribution in [2.24, 2.45) is 5.92 Å². The summed E-state index contributed by atoms with van der Waals surface area (Å²) < 4.78 is 70.3. The van der Waals surface area contributed by atoms with Crippen molar-refractivity contribution in [2.45, 2.75) is 31.5 Å². The third-order valence-corrected chi connectivity index (χ3v) is 7.51. The van der Waals surface area contributed by atoms with Crippen molar-refractivity contribution in [3.8, 4) is 11.1 Å². The van der Waals surface area contributed by atoms with Crippen molar-refractivity contribution in [1.82, 2.24) is 9.62 Å². The number of nitrogens with zero attached hydrogens (tertiary/aromatic N) is 1. The molecule has 1 aliphatic heterocycles. The number of hydrogen-bond donors (Lipinski definition) is 1. The Kier molecular flexibility index (Phi) is 5.59. The Labute approximate surface area is 179 Å². The molecule has 166 valence electrons. The average Bonchev–Trinajstić information content (AvgIpc) is 3.40. The molecule has 1 amide bonds. The number of carbonyl (C=O) groups excluding carboxylic acids is 1. The monoisotopic (exact) mass is 452 g/mol. The van der Waals surface area contributed by atoms with Crippen LogP contribution >= 0.6 is 0 Å². The van der Waals surface area contributed by atoms with Crippen LogP contribution in [0.2, 0.25) is 0 Å². The van der Waals surface area contributed by atoms with Crippen LogP contribution in [0.5, 0.6) is 0 Å². The second-order valence-electron chi connectivity index (χ2n) is 7.99. The lowest BCUT2D eigenvalue weighted by atomic mass is 9.93. The van der Waals surface area contributed by atoms with Crippen molar-refractivity contribution in [3.05, 3.63) is 59.7 Å². The van der Waals surface area contributed by atoms with E-state index in [0.717, 1.165) is 12.1 Å². The maximum Gasteiger partial charge on any atom is 0.229 e. The molecule has 0 spiro atoms. The van der Waals surface area contributed by atoms with Crippen molar-refractivity contribution in [3.63, 3.8) is 0 Å². The van der Waals surface area contributed by atoms with Crippen LogP contribution in [-0.2, 0) is 20.5 Å². The highest BCUT2D eigenvalue weighted by Crippen LogP contribution is 2.59. The lowest BCUT2D eigenvalue weighted by molar-refractivity contribution is -0.141. The Morgan fingerprint density at radius 3 is 2.45 bits per heavy atom. The van der Waals surface area contributed by atoms with Gasteiger partial charge in [-0.3, -0.25) is 4.79 Å². The highest BCUT2D eigenvalue weighted by Gasteiger charge is 2.63. The molecule has 0 aromatic heterocycles. The molecule has 2 fully saturated rings. The van der Waals surface area contributed by atoms with Gasteiger partial charge in [0, 0.05) is 25.6 Å². The van der Waals surface area contributed by atoms with Gasteiger partial charge in [0.15, 0.2) is 0 Å². The zero-order valence-corrected chi connectivity index (χ0v) is 17.8. The Hall–Kier alpha value is -2.39. The van der Waals surface area contributed by atoms with Crippen molar-refractivity contribution in [2.75, 3.05) is 18.8 Å². The number of rotatable bonds is 7. The fraction of sp³-hybridized carbons (Fsp3) is 0.409. The molecule has 0 radical (unpaired) electrons. The van der Waals surface area contributed by atoms with Gasteiger partial charge in [0.25, 0.3) is 0 Å². The smallest absolute Gasteiger partial charge is 0.229 e. The normalized spacial score (nSPS) is 25.2. The first-order valence-corrected chi connectivity index (χ1v) is 11.8. The maximum atomic E-state index is 15.8. The minimum absolute atomic E-state index is 0.0622. The van der Waals surface area contributed by atoms with Crippen molar-refractivity contribution >= 4 is 15.9 Å². The van der Waals surface area contributed by atoms with E-state index in [1.807, 2.05) is 0 Å². The number of sulfonamides is 1. The number of benzene rings is 2. The standard InChI is InChI=1S/C22H23F3N2O3S/c1-2-31(29,30)26-13-14-10-11-27(14)21(28)17-12-22(17,25)16-7-4-3-6-15(16)20-18(23)8-5-9-19(20)24/h3-9,14,17,26H,2,10-13H2,1H3/t14-,17-,22+/m0/s1. The van der Waals surface area contributed by atoms with Crippen molar-refractivity contribution in [1.29, 1.82) is 0 Å². The van der Waals surface area contributed by atoms with E-state index in [9.17, 15) is 22.0 Å². The van der Waals surface area contributed by atoms with Gasteiger partial charge in [-0.15, -0.1) is 0 Å². The van der Waals surface area contributed by atoms with Gasteiger partial charge in [-0.1, -0.05) is 30.3 Å². The van der Waals surface area contributed by atoms with Gasteiger partial charge in [-0.25, -0.2) is 26.3 Å². The minimum Gasteiger partial charge on any atom is -0.338 e. The number of nitrogens with one attached hydrogen (secondary N) is 1. The number of likely N-dealkylation sites (tertiary alicyclic amines) is 1. The van der Waals surface area contributed by atoms with E-state index in [4.69, 9.17) is 0 Å². The van der Waals surface area contributed by atoms with Crippen LogP contribution in [0.1, 0.15) is 25.3 Å². The maximum absolute atomic E-state index is 15.8. The third-order valence-electron chi connectivity index (χ3n) is 6.14. The lowest BCUT2D eigenvalue weighted by Crippen LogP contribution is -2.56. The quantitative estimate of drug-likeness (QED) is 0.701. The zero-order valence-electron chi connectivity index (χ0n) is 16.9. The predicted octanol–water partition coefficient (Wildman–Crippen LogP) is 3.36. The minimum atomic E-state index is -3.39. The number of hydrogen-bond acceptors (Lipinski definition) is 3. The molecular weight excluding hydrogens is 429 g/mol. The summed E-state index contributed by atoms with van der Waals surface area (Å²) in [5.74, 6) is -3.03. The number of alkyl halides is 1. The highest BCUT2D eigenvalue weighted by atomic mass is 32.2. The molecule has 4 rings (SSSR count). The molecule has 0 unspecified atom stereocenters. The fourth-order valence-electron chi connectivity index (χ4n) is 4.11. The number of amides is 1. The van der Waals surface area contributed by atoms with E-state index < -0.39 is 39.2 Å². The van der Waals surface area contributed by atoms with Gasteiger partial charge in [0.05, 0.1) is 17.2 Å². The van der Waals surface area contributed by atoms with Crippen LogP contribution in [0.3, 0.4) is 0 Å². The molecule has 1 N–H and O–H groups in total. The summed E-state index contributed by atoms with van der Waals surface area (Å²) in [6, 6.07) is 9.18. The summed E-state index contributed by atoms with van der Waals surface area (Å²) in [5.41, 5.74) is -2.16. The average molecular weight is 452 g/mol. The van der Waals surface area contributed by atoms with Gasteiger partial charge in [0.1, 0.15) is 17.3 Å². The Bertz CT molecular complexity index is 1100. The summed E-state index contributed by atoms with van der Waals surface area (Å²) in [6.07, 6.45) is 0.545. The van der Waals surface area contributed by atoms with Gasteiger partial charge in [0.2, 0.25) is 15.9 Å². The molecule has 5 nitrogen and oxygen atoms in total. The topological polar surface area (TPSA) is 66.5 Å². The molecule has 1 aliphatic carbocycles. The SMILES string of the molecule is CCS(=O)(=O)NC[C@@H]1CCN1C(=O)[C@@H]1C[C@@]1(F)c1ccccc1-c1c(F)cccc1F. The van der Waals surface area contributed by atoms with E-state index in [1.54, 1.807) is 12.1 Å². The lowest BCUT2D eigenvalue weighted by Gasteiger charge is -2.41. The van der Waals surface area contributed by atoms with Gasteiger partial charge < -0.3 is 4.90 Å². The van der Waals surface area contributed by atoms with Crippen LogP contribution in [0.4, 0.5) is 13.2 Å². The van der Waals surface area contributed by atoms with Crippen molar-refractivity contribution < 1.29 is 26.4 Å². The van der Waals surface area contributed by atoms with E-state index in [-0.39, 0.29) is 41.5 Å². The summed E-state index contributed by atoms with van der Waals surface area (Å²) >= 11 is 0. The molecule has 0 bridgehead atoms. The molecule has 9 heteroatoms. The molecule has 2 aromatic carbocycles. The van der Waals surface area contributed by atoms with Crippen LogP contribution in [-0.4, -0.2) is 44.1 Å². The summed E-state index contributed by atoms with van der Waals surface area (Å²) in [7, 11) is -3.39. The van der Waals surface area contributed by atoms with Crippen LogP contribution in [0.15, 0.2) is 42.5 Å². The first kappa shape index (κ1) is 21.8. The van der Waals surface area contributed by atoms with Gasteiger partial charge in [-0.05, 0) is 36.6 Å². The van der Waals surface area contributed by atoms with Gasteiger partial charge >= 0.3 is 0 Å². The Balaban J connectivity index is 1.54. The first-order chi connectivity index (χ1) is 14.7. The fourth-order valence-corrected chi connectivity index (χ4v) is 4.76. The molecule has 1 saturated heterocycles. The molecule has 31 heavy (non-hydrogen) atoms. The molecule has 1 heterocycles. The van der Waals surface area contributed by atoms with E-state index in [0.29, 0.717) is 13.0 Å². The number of halogens is 3. The molecule has 3 atom stereocenters. The van der Waals surface area contributed by atoms with Gasteiger partial charge in [-0.2, -0.15) is 0 Å². The molecular formula is C22H23F3N2O3S. The van der Waals surface area contributed by atoms with Crippen LogP contribution < -0.4 is 4.72 Å². The summed E-state index contributed by atoms with van der Waals surface area (Å²) in [5, 5.41) is 0. The second-order valence-corrected chi connectivity index (χ2v) is 10.1. The van der Waals surface area contributed by atoms with E-state index in [2.05, 4.69) is 4.72 Å². The zero-order chi connectivity index (χ0) is 22.4. The molecule has 2 aliphatic rings. The van der Waals surface area contributed by atoms with E-state index >= 15 is 4.39 Å². The Morgan fingerprint density at radius 2 is 1.84 bits per heavy atom. The Morgan fingerprint density at radius 1 is 1.16 bits per heavy atom. The summed E-state index contributed by atoms with van der Waals surface area (Å²) in [6.45, 7) is 2.03. The summed E-state index contributed by atoms with van der Waals surface area (Å²) in [4.78, 5) is 14.4. The third kappa shape index (κ3) is 3.96. The molecule has 2 aromatic rings.